The second kappa shape index (κ2) is 7.26. The number of likely N-dealkylation sites (N-methyl/N-ethyl adjacent to an activating group) is 1. The van der Waals surface area contributed by atoms with Gasteiger partial charge in [-0.1, -0.05) is 24.6 Å². The number of hydrogen-bond acceptors (Lipinski definition) is 3. The zero-order valence-electron chi connectivity index (χ0n) is 13.0. The van der Waals surface area contributed by atoms with Gasteiger partial charge >= 0.3 is 0 Å². The summed E-state index contributed by atoms with van der Waals surface area (Å²) in [6.45, 7) is 5.85. The molecule has 2 atom stereocenters. The first kappa shape index (κ1) is 16.2. The molecule has 2 aliphatic heterocycles. The van der Waals surface area contributed by atoms with Crippen LogP contribution in [-0.4, -0.2) is 43.3 Å². The normalized spacial score (nSPS) is 27.4. The van der Waals surface area contributed by atoms with Gasteiger partial charge < -0.3 is 10.1 Å². The molecule has 0 amide bonds. The lowest BCUT2D eigenvalue weighted by Gasteiger charge is -2.32. The summed E-state index contributed by atoms with van der Waals surface area (Å²) < 4.78 is 19.3. The lowest BCUT2D eigenvalue weighted by molar-refractivity contribution is 0.0729. The number of benzene rings is 1. The summed E-state index contributed by atoms with van der Waals surface area (Å²) in [5.74, 6) is -0.327. The molecule has 3 rings (SSSR count). The van der Waals surface area contributed by atoms with E-state index in [1.165, 1.54) is 0 Å². The van der Waals surface area contributed by atoms with E-state index < -0.39 is 0 Å². The maximum absolute atomic E-state index is 13.9. The fourth-order valence-corrected chi connectivity index (χ4v) is 3.81. The van der Waals surface area contributed by atoms with Crippen LogP contribution in [-0.2, 0) is 4.74 Å². The lowest BCUT2D eigenvalue weighted by atomic mass is 9.97. The molecule has 1 N–H and O–H groups in total. The van der Waals surface area contributed by atoms with Gasteiger partial charge in [0.1, 0.15) is 5.82 Å². The molecule has 2 unspecified atom stereocenters. The standard InChI is InChI=1S/C17H24ClFN2O/c1-2-21-8-5-16(20-13-6-9-22-10-7-13)17(21)12-3-4-14(18)15(19)11-12/h3-4,11,13,16-17,20H,2,5-10H2,1H3. The molecule has 1 aromatic rings. The van der Waals surface area contributed by atoms with E-state index in [2.05, 4.69) is 17.1 Å². The van der Waals surface area contributed by atoms with Gasteiger partial charge in [0.05, 0.1) is 11.1 Å². The van der Waals surface area contributed by atoms with Gasteiger partial charge in [0.25, 0.3) is 0 Å². The van der Waals surface area contributed by atoms with Crippen molar-refractivity contribution in [2.75, 3.05) is 26.3 Å². The van der Waals surface area contributed by atoms with Crippen molar-refractivity contribution < 1.29 is 9.13 Å². The summed E-state index contributed by atoms with van der Waals surface area (Å²) in [5, 5.41) is 3.98. The van der Waals surface area contributed by atoms with Crippen molar-refractivity contribution in [3.05, 3.63) is 34.6 Å². The first-order valence-corrected chi connectivity index (χ1v) is 8.59. The zero-order chi connectivity index (χ0) is 15.5. The number of hydrogen-bond donors (Lipinski definition) is 1. The van der Waals surface area contributed by atoms with Crippen LogP contribution in [0.25, 0.3) is 0 Å². The van der Waals surface area contributed by atoms with E-state index in [1.807, 2.05) is 6.07 Å². The van der Waals surface area contributed by atoms with E-state index in [4.69, 9.17) is 16.3 Å². The summed E-state index contributed by atoms with van der Waals surface area (Å²) in [7, 11) is 0. The van der Waals surface area contributed by atoms with Crippen molar-refractivity contribution in [2.45, 2.75) is 44.3 Å². The molecule has 5 heteroatoms. The number of ether oxygens (including phenoxy) is 1. The van der Waals surface area contributed by atoms with Crippen LogP contribution in [0.5, 0.6) is 0 Å². The fourth-order valence-electron chi connectivity index (χ4n) is 3.69. The third kappa shape index (κ3) is 3.46. The van der Waals surface area contributed by atoms with Gasteiger partial charge in [-0.05, 0) is 43.5 Å². The van der Waals surface area contributed by atoms with E-state index >= 15 is 0 Å². The highest BCUT2D eigenvalue weighted by molar-refractivity contribution is 6.30. The minimum absolute atomic E-state index is 0.193. The van der Waals surface area contributed by atoms with E-state index in [9.17, 15) is 4.39 Å². The maximum Gasteiger partial charge on any atom is 0.142 e. The summed E-state index contributed by atoms with van der Waals surface area (Å²) in [4.78, 5) is 2.42. The largest absolute Gasteiger partial charge is 0.381 e. The van der Waals surface area contributed by atoms with Gasteiger partial charge in [-0.25, -0.2) is 4.39 Å². The Morgan fingerprint density at radius 2 is 2.09 bits per heavy atom. The highest BCUT2D eigenvalue weighted by Crippen LogP contribution is 2.34. The Morgan fingerprint density at radius 3 is 2.77 bits per heavy atom. The van der Waals surface area contributed by atoms with Crippen molar-refractivity contribution in [1.82, 2.24) is 10.2 Å². The third-order valence-electron chi connectivity index (χ3n) is 4.86. The molecule has 0 aliphatic carbocycles. The highest BCUT2D eigenvalue weighted by atomic mass is 35.5. The van der Waals surface area contributed by atoms with Crippen LogP contribution in [0, 0.1) is 5.82 Å². The van der Waals surface area contributed by atoms with Gasteiger partial charge in [-0.15, -0.1) is 0 Å². The van der Waals surface area contributed by atoms with Crippen LogP contribution in [0.4, 0.5) is 4.39 Å². The molecule has 2 fully saturated rings. The topological polar surface area (TPSA) is 24.5 Å². The van der Waals surface area contributed by atoms with E-state index in [0.29, 0.717) is 12.1 Å². The number of nitrogens with one attached hydrogen (secondary N) is 1. The Morgan fingerprint density at radius 1 is 1.32 bits per heavy atom. The lowest BCUT2D eigenvalue weighted by Crippen LogP contribution is -2.44. The van der Waals surface area contributed by atoms with Gasteiger partial charge in [0.2, 0.25) is 0 Å². The van der Waals surface area contributed by atoms with Crippen molar-refractivity contribution in [3.63, 3.8) is 0 Å². The highest BCUT2D eigenvalue weighted by Gasteiger charge is 2.35. The van der Waals surface area contributed by atoms with Crippen LogP contribution in [0.3, 0.4) is 0 Å². The summed E-state index contributed by atoms with van der Waals surface area (Å²) in [6, 6.07) is 6.32. The van der Waals surface area contributed by atoms with Gasteiger partial charge in [0, 0.05) is 31.8 Å². The van der Waals surface area contributed by atoms with E-state index in [-0.39, 0.29) is 16.9 Å². The molecule has 1 aromatic carbocycles. The summed E-state index contributed by atoms with van der Waals surface area (Å²) >= 11 is 5.83. The molecule has 2 heterocycles. The van der Waals surface area contributed by atoms with Crippen molar-refractivity contribution in [2.24, 2.45) is 0 Å². The SMILES string of the molecule is CCN1CCC(NC2CCOCC2)C1c1ccc(Cl)c(F)c1. The number of rotatable bonds is 4. The number of halogens is 2. The van der Waals surface area contributed by atoms with Crippen molar-refractivity contribution in [3.8, 4) is 0 Å². The van der Waals surface area contributed by atoms with E-state index in [0.717, 1.165) is 51.1 Å². The van der Waals surface area contributed by atoms with Crippen LogP contribution in [0.2, 0.25) is 5.02 Å². The quantitative estimate of drug-likeness (QED) is 0.918. The second-order valence-corrected chi connectivity index (χ2v) is 6.60. The average molecular weight is 327 g/mol. The van der Waals surface area contributed by atoms with Crippen molar-refractivity contribution in [1.29, 1.82) is 0 Å². The summed E-state index contributed by atoms with van der Waals surface area (Å²) in [5.41, 5.74) is 1.02. The van der Waals surface area contributed by atoms with Crippen LogP contribution in [0.1, 0.15) is 37.8 Å². The molecular formula is C17H24ClFN2O. The van der Waals surface area contributed by atoms with Gasteiger partial charge in [-0.2, -0.15) is 0 Å². The molecule has 0 saturated carbocycles. The monoisotopic (exact) mass is 326 g/mol. The second-order valence-electron chi connectivity index (χ2n) is 6.20. The zero-order valence-corrected chi connectivity index (χ0v) is 13.8. The van der Waals surface area contributed by atoms with Crippen molar-refractivity contribution >= 4 is 11.6 Å². The molecule has 0 bridgehead atoms. The van der Waals surface area contributed by atoms with Gasteiger partial charge in [-0.3, -0.25) is 4.90 Å². The molecule has 22 heavy (non-hydrogen) atoms. The fraction of sp³-hybridized carbons (Fsp3) is 0.647. The van der Waals surface area contributed by atoms with E-state index in [1.54, 1.807) is 12.1 Å². The molecule has 0 radical (unpaired) electrons. The number of likely N-dealkylation sites (tertiary alicyclic amines) is 1. The van der Waals surface area contributed by atoms with Crippen LogP contribution >= 0.6 is 11.6 Å². The minimum atomic E-state index is -0.327. The van der Waals surface area contributed by atoms with Crippen LogP contribution < -0.4 is 5.32 Å². The minimum Gasteiger partial charge on any atom is -0.381 e. The molecule has 0 spiro atoms. The first-order chi connectivity index (χ1) is 10.7. The molecule has 122 valence electrons. The Bertz CT molecular complexity index is 507. The van der Waals surface area contributed by atoms with Gasteiger partial charge in [0.15, 0.2) is 0 Å². The average Bonchev–Trinajstić information content (AvgIpc) is 2.94. The molecular weight excluding hydrogens is 303 g/mol. The molecule has 0 aromatic heterocycles. The molecule has 2 aliphatic rings. The smallest absolute Gasteiger partial charge is 0.142 e. The Hall–Kier alpha value is -0.680. The Balaban J connectivity index is 1.77. The Kier molecular flexibility index (Phi) is 5.34. The van der Waals surface area contributed by atoms with Crippen LogP contribution in [0.15, 0.2) is 18.2 Å². The maximum atomic E-state index is 13.9. The Labute approximate surface area is 136 Å². The first-order valence-electron chi connectivity index (χ1n) is 8.22. The molecule has 2 saturated heterocycles. The summed E-state index contributed by atoms with van der Waals surface area (Å²) in [6.07, 6.45) is 3.22. The number of nitrogens with zero attached hydrogens (tertiary/aromatic N) is 1. The third-order valence-corrected chi connectivity index (χ3v) is 5.17. The molecule has 3 nitrogen and oxygen atoms in total. The predicted octanol–water partition coefficient (Wildman–Crippen LogP) is 3.38. The predicted molar refractivity (Wildman–Crippen MR) is 86.8 cm³/mol.